The van der Waals surface area contributed by atoms with Gasteiger partial charge in [-0.05, 0) is 61.3 Å². The Labute approximate surface area is 249 Å². The SMILES string of the molecule is Cc1nc(C)c(-c2ccc3c(c2)CCN(c2cc(N4CCOCC4)ccn2)C3)c(N2CCC(C)(C)CC2)c1CC(=O)O. The van der Waals surface area contributed by atoms with Gasteiger partial charge in [0.15, 0.2) is 0 Å². The smallest absolute Gasteiger partial charge is 0.307 e. The van der Waals surface area contributed by atoms with Crippen LogP contribution in [0.5, 0.6) is 0 Å². The minimum atomic E-state index is -0.815. The van der Waals surface area contributed by atoms with E-state index in [0.29, 0.717) is 5.41 Å². The lowest BCUT2D eigenvalue weighted by Crippen LogP contribution is -2.38. The second kappa shape index (κ2) is 11.6. The monoisotopic (exact) mass is 569 g/mol. The third-order valence-electron chi connectivity index (χ3n) is 9.35. The summed E-state index contributed by atoms with van der Waals surface area (Å²) in [5.41, 5.74) is 10.1. The third kappa shape index (κ3) is 5.82. The number of rotatable bonds is 6. The van der Waals surface area contributed by atoms with Gasteiger partial charge in [-0.2, -0.15) is 0 Å². The normalized spacial score (nSPS) is 18.6. The number of benzene rings is 1. The molecule has 2 fully saturated rings. The van der Waals surface area contributed by atoms with E-state index in [1.165, 1.54) is 16.8 Å². The molecule has 1 aromatic carbocycles. The van der Waals surface area contributed by atoms with Crippen molar-refractivity contribution in [1.29, 1.82) is 0 Å². The maximum atomic E-state index is 12.0. The number of hydrogen-bond acceptors (Lipinski definition) is 7. The fourth-order valence-corrected chi connectivity index (χ4v) is 6.76. The molecule has 6 rings (SSSR count). The van der Waals surface area contributed by atoms with E-state index >= 15 is 0 Å². The van der Waals surface area contributed by atoms with E-state index in [-0.39, 0.29) is 6.42 Å². The molecular formula is C34H43N5O3. The van der Waals surface area contributed by atoms with Crippen molar-refractivity contribution < 1.29 is 14.6 Å². The van der Waals surface area contributed by atoms with E-state index in [1.807, 2.05) is 13.1 Å². The van der Waals surface area contributed by atoms with Gasteiger partial charge in [0.05, 0.1) is 25.3 Å². The summed E-state index contributed by atoms with van der Waals surface area (Å²) in [6.45, 7) is 15.6. The Morgan fingerprint density at radius 2 is 1.69 bits per heavy atom. The zero-order valence-electron chi connectivity index (χ0n) is 25.4. The number of carbonyl (C=O) groups is 1. The van der Waals surface area contributed by atoms with Gasteiger partial charge in [-0.15, -0.1) is 0 Å². The number of morpholine rings is 1. The van der Waals surface area contributed by atoms with Crippen molar-refractivity contribution in [1.82, 2.24) is 9.97 Å². The van der Waals surface area contributed by atoms with Crippen LogP contribution in [0, 0.1) is 19.3 Å². The largest absolute Gasteiger partial charge is 0.481 e. The van der Waals surface area contributed by atoms with Gasteiger partial charge in [-0.25, -0.2) is 4.98 Å². The van der Waals surface area contributed by atoms with Crippen molar-refractivity contribution in [3.05, 3.63) is 64.6 Å². The van der Waals surface area contributed by atoms with Gasteiger partial charge < -0.3 is 24.5 Å². The Morgan fingerprint density at radius 1 is 0.929 bits per heavy atom. The Balaban J connectivity index is 1.32. The lowest BCUT2D eigenvalue weighted by Gasteiger charge is -2.40. The van der Waals surface area contributed by atoms with Gasteiger partial charge in [0.1, 0.15) is 5.82 Å². The summed E-state index contributed by atoms with van der Waals surface area (Å²) in [7, 11) is 0. The highest BCUT2D eigenvalue weighted by atomic mass is 16.5. The van der Waals surface area contributed by atoms with Gasteiger partial charge in [0.25, 0.3) is 0 Å². The highest BCUT2D eigenvalue weighted by Gasteiger charge is 2.30. The Bertz CT molecular complexity index is 1470. The van der Waals surface area contributed by atoms with Crippen molar-refractivity contribution >= 4 is 23.2 Å². The molecule has 0 bridgehead atoms. The molecule has 2 saturated heterocycles. The first-order valence-electron chi connectivity index (χ1n) is 15.3. The summed E-state index contributed by atoms with van der Waals surface area (Å²) in [6.07, 6.45) is 5.00. The van der Waals surface area contributed by atoms with E-state index in [1.54, 1.807) is 0 Å². The van der Waals surface area contributed by atoms with Crippen LogP contribution in [-0.2, 0) is 28.9 Å². The Morgan fingerprint density at radius 3 is 2.43 bits per heavy atom. The average molecular weight is 570 g/mol. The van der Waals surface area contributed by atoms with E-state index in [0.717, 1.165) is 111 Å². The van der Waals surface area contributed by atoms with Crippen LogP contribution in [0.4, 0.5) is 17.2 Å². The molecule has 5 heterocycles. The predicted molar refractivity (Wildman–Crippen MR) is 168 cm³/mol. The van der Waals surface area contributed by atoms with E-state index in [4.69, 9.17) is 14.7 Å². The number of carboxylic acids is 1. The molecule has 8 heteroatoms. The number of aliphatic carboxylic acids is 1. The molecule has 3 aliphatic rings. The number of nitrogens with zero attached hydrogens (tertiary/aromatic N) is 5. The number of carboxylic acid groups (broad SMARTS) is 1. The molecule has 0 saturated carbocycles. The maximum Gasteiger partial charge on any atom is 0.307 e. The minimum Gasteiger partial charge on any atom is -0.481 e. The summed E-state index contributed by atoms with van der Waals surface area (Å²) < 4.78 is 5.53. The third-order valence-corrected chi connectivity index (χ3v) is 9.35. The topological polar surface area (TPSA) is 82.0 Å². The summed E-state index contributed by atoms with van der Waals surface area (Å²) in [5.74, 6) is 0.200. The number of hydrogen-bond donors (Lipinski definition) is 1. The van der Waals surface area contributed by atoms with Crippen LogP contribution in [0.3, 0.4) is 0 Å². The van der Waals surface area contributed by atoms with Gasteiger partial charge in [-0.1, -0.05) is 32.0 Å². The highest BCUT2D eigenvalue weighted by molar-refractivity contribution is 5.86. The van der Waals surface area contributed by atoms with Crippen LogP contribution in [0.2, 0.25) is 0 Å². The molecule has 0 spiro atoms. The molecule has 8 nitrogen and oxygen atoms in total. The second-order valence-corrected chi connectivity index (χ2v) is 12.8. The zero-order valence-corrected chi connectivity index (χ0v) is 25.4. The van der Waals surface area contributed by atoms with E-state index < -0.39 is 5.97 Å². The first-order chi connectivity index (χ1) is 20.2. The molecule has 3 aliphatic heterocycles. The number of ether oxygens (including phenoxy) is 1. The second-order valence-electron chi connectivity index (χ2n) is 12.8. The predicted octanol–water partition coefficient (Wildman–Crippen LogP) is 5.41. The molecule has 0 atom stereocenters. The fourth-order valence-electron chi connectivity index (χ4n) is 6.76. The summed E-state index contributed by atoms with van der Waals surface area (Å²) in [5, 5.41) is 9.83. The van der Waals surface area contributed by atoms with Gasteiger partial charge in [0.2, 0.25) is 0 Å². The number of aryl methyl sites for hydroxylation is 2. The van der Waals surface area contributed by atoms with Crippen LogP contribution < -0.4 is 14.7 Å². The molecule has 0 unspecified atom stereocenters. The van der Waals surface area contributed by atoms with Crippen molar-refractivity contribution in [2.45, 2.75) is 59.9 Å². The van der Waals surface area contributed by atoms with Crippen molar-refractivity contribution in [2.75, 3.05) is 60.6 Å². The van der Waals surface area contributed by atoms with Crippen LogP contribution in [-0.4, -0.2) is 67.0 Å². The number of fused-ring (bicyclic) bond motifs is 1. The number of piperidine rings is 1. The molecule has 0 amide bonds. The molecule has 3 aromatic rings. The molecule has 42 heavy (non-hydrogen) atoms. The Kier molecular flexibility index (Phi) is 7.83. The van der Waals surface area contributed by atoms with Crippen LogP contribution in [0.1, 0.15) is 54.8 Å². The Hall–Kier alpha value is -3.65. The number of pyridine rings is 2. The van der Waals surface area contributed by atoms with Crippen molar-refractivity contribution in [3.63, 3.8) is 0 Å². The summed E-state index contributed by atoms with van der Waals surface area (Å²) in [4.78, 5) is 28.8. The molecule has 222 valence electrons. The fraction of sp³-hybridized carbons (Fsp3) is 0.500. The molecule has 0 aliphatic carbocycles. The zero-order chi connectivity index (χ0) is 29.4. The molecule has 1 N–H and O–H groups in total. The molecule has 2 aromatic heterocycles. The van der Waals surface area contributed by atoms with E-state index in [2.05, 4.69) is 65.8 Å². The maximum absolute atomic E-state index is 12.0. The first-order valence-corrected chi connectivity index (χ1v) is 15.3. The average Bonchev–Trinajstić information content (AvgIpc) is 2.98. The van der Waals surface area contributed by atoms with Crippen LogP contribution in [0.25, 0.3) is 11.1 Å². The summed E-state index contributed by atoms with van der Waals surface area (Å²) in [6, 6.07) is 11.1. The van der Waals surface area contributed by atoms with Crippen LogP contribution >= 0.6 is 0 Å². The van der Waals surface area contributed by atoms with Crippen LogP contribution in [0.15, 0.2) is 36.5 Å². The standard InChI is InChI=1S/C34H43N5O3/c1-23-29(21-31(40)41)33(38-13-9-34(3,4)10-14-38)32(24(2)36-23)26-5-6-27-22-39(12-8-25(27)19-26)30-20-28(7-11-35-30)37-15-17-42-18-16-37/h5-7,11,19-20H,8-10,12-18,21-22H2,1-4H3,(H,40,41). The van der Waals surface area contributed by atoms with Gasteiger partial charge >= 0.3 is 5.97 Å². The van der Waals surface area contributed by atoms with Crippen molar-refractivity contribution in [2.24, 2.45) is 5.41 Å². The summed E-state index contributed by atoms with van der Waals surface area (Å²) >= 11 is 0. The van der Waals surface area contributed by atoms with Gasteiger partial charge in [0, 0.05) is 79.7 Å². The van der Waals surface area contributed by atoms with Gasteiger partial charge in [-0.3, -0.25) is 9.78 Å². The number of aromatic nitrogens is 2. The molecular weight excluding hydrogens is 526 g/mol. The van der Waals surface area contributed by atoms with E-state index in [9.17, 15) is 9.90 Å². The first kappa shape index (κ1) is 28.5. The lowest BCUT2D eigenvalue weighted by molar-refractivity contribution is -0.136. The highest BCUT2D eigenvalue weighted by Crippen LogP contribution is 2.42. The number of anilines is 3. The van der Waals surface area contributed by atoms with Crippen molar-refractivity contribution in [3.8, 4) is 11.1 Å². The quantitative estimate of drug-likeness (QED) is 0.422. The minimum absolute atomic E-state index is 0.0161. The molecule has 0 radical (unpaired) electrons. The lowest BCUT2D eigenvalue weighted by atomic mass is 9.82.